The first-order valence-corrected chi connectivity index (χ1v) is 9.71. The number of benzene rings is 2. The van der Waals surface area contributed by atoms with E-state index in [4.69, 9.17) is 28.6 Å². The van der Waals surface area contributed by atoms with Crippen LogP contribution in [0.25, 0.3) is 0 Å². The summed E-state index contributed by atoms with van der Waals surface area (Å²) in [7, 11) is 1.32. The smallest absolute Gasteiger partial charge is 0.339 e. The van der Waals surface area contributed by atoms with Gasteiger partial charge in [0.2, 0.25) is 0 Å². The van der Waals surface area contributed by atoms with E-state index in [-0.39, 0.29) is 0 Å². The van der Waals surface area contributed by atoms with Gasteiger partial charge in [0.25, 0.3) is 0 Å². The predicted octanol–water partition coefficient (Wildman–Crippen LogP) is 5.17. The van der Waals surface area contributed by atoms with Crippen molar-refractivity contribution in [3.8, 4) is 0 Å². The van der Waals surface area contributed by atoms with Gasteiger partial charge in [-0.1, -0.05) is 49.7 Å². The summed E-state index contributed by atoms with van der Waals surface area (Å²) < 4.78 is 4.72. The largest absolute Gasteiger partial charge is 0.465 e. The van der Waals surface area contributed by atoms with Crippen LogP contribution < -0.4 is 10.6 Å². The number of ether oxygens (including phenoxy) is 1. The lowest BCUT2D eigenvalue weighted by atomic mass is 10.0. The van der Waals surface area contributed by atoms with Crippen LogP contribution in [0.3, 0.4) is 0 Å². The molecular formula is C21H25ClN2O2S. The summed E-state index contributed by atoms with van der Waals surface area (Å²) in [5, 5.41) is 7.09. The van der Waals surface area contributed by atoms with Gasteiger partial charge < -0.3 is 15.4 Å². The third-order valence-electron chi connectivity index (χ3n) is 4.20. The van der Waals surface area contributed by atoms with Crippen molar-refractivity contribution in [1.29, 1.82) is 0 Å². The van der Waals surface area contributed by atoms with Gasteiger partial charge in [-0.25, -0.2) is 4.79 Å². The zero-order valence-electron chi connectivity index (χ0n) is 15.8. The molecule has 6 heteroatoms. The Bertz CT molecular complexity index is 791. The molecule has 4 nitrogen and oxygen atoms in total. The van der Waals surface area contributed by atoms with Crippen LogP contribution in [0.5, 0.6) is 0 Å². The number of aryl methyl sites for hydroxylation is 1. The molecule has 0 aromatic heterocycles. The number of esters is 1. The lowest BCUT2D eigenvalue weighted by Crippen LogP contribution is -2.29. The maximum absolute atomic E-state index is 11.7. The maximum Gasteiger partial charge on any atom is 0.339 e. The second-order valence-corrected chi connectivity index (χ2v) is 7.38. The second-order valence-electron chi connectivity index (χ2n) is 6.57. The number of carbonyl (C=O) groups is 1. The zero-order chi connectivity index (χ0) is 19.8. The Morgan fingerprint density at radius 3 is 2.52 bits per heavy atom. The fourth-order valence-corrected chi connectivity index (χ4v) is 3.02. The maximum atomic E-state index is 11.7. The van der Waals surface area contributed by atoms with E-state index in [1.807, 2.05) is 0 Å². The summed E-state index contributed by atoms with van der Waals surface area (Å²) in [6.45, 7) is 5.15. The van der Waals surface area contributed by atoms with E-state index in [0.29, 0.717) is 27.3 Å². The molecule has 0 aliphatic carbocycles. The third-order valence-corrected chi connectivity index (χ3v) is 4.78. The molecule has 27 heavy (non-hydrogen) atoms. The molecule has 0 atom stereocenters. The number of halogens is 1. The van der Waals surface area contributed by atoms with Crippen molar-refractivity contribution in [2.45, 2.75) is 32.6 Å². The van der Waals surface area contributed by atoms with Gasteiger partial charge in [0.15, 0.2) is 5.11 Å². The molecule has 0 saturated carbocycles. The molecule has 0 bridgehead atoms. The third kappa shape index (κ3) is 6.52. The number of hydrogen-bond acceptors (Lipinski definition) is 3. The number of thiocarbonyl (C=S) groups is 1. The highest BCUT2D eigenvalue weighted by atomic mass is 35.5. The average Bonchev–Trinajstić information content (AvgIpc) is 2.66. The summed E-state index contributed by atoms with van der Waals surface area (Å²) in [6.07, 6.45) is 1.96. The molecule has 0 amide bonds. The van der Waals surface area contributed by atoms with Crippen molar-refractivity contribution in [2.75, 3.05) is 19.0 Å². The van der Waals surface area contributed by atoms with Gasteiger partial charge in [-0.3, -0.25) is 0 Å². The molecule has 2 rings (SSSR count). The van der Waals surface area contributed by atoms with Crippen LogP contribution in [0.15, 0.2) is 42.5 Å². The molecule has 0 heterocycles. The van der Waals surface area contributed by atoms with E-state index < -0.39 is 5.97 Å². The van der Waals surface area contributed by atoms with Crippen molar-refractivity contribution in [3.63, 3.8) is 0 Å². The van der Waals surface area contributed by atoms with Gasteiger partial charge in [-0.15, -0.1) is 0 Å². The van der Waals surface area contributed by atoms with Crippen molar-refractivity contribution in [2.24, 2.45) is 0 Å². The minimum absolute atomic E-state index is 0.303. The van der Waals surface area contributed by atoms with Crippen molar-refractivity contribution < 1.29 is 9.53 Å². The van der Waals surface area contributed by atoms with Gasteiger partial charge in [0, 0.05) is 12.2 Å². The Morgan fingerprint density at radius 1 is 1.19 bits per heavy atom. The van der Waals surface area contributed by atoms with E-state index in [1.54, 1.807) is 18.2 Å². The Kier molecular flexibility index (Phi) is 8.07. The molecule has 0 unspecified atom stereocenters. The molecule has 0 fully saturated rings. The number of hydrogen-bond donors (Lipinski definition) is 2. The standard InChI is InChI=1S/C21H25ClN2O2S/c1-14(2)16-8-6-15(7-9-16)5-4-12-23-21(27)24-17-10-11-19(22)18(13-17)20(25)26-3/h6-11,13-14H,4-5,12H2,1-3H3,(H2,23,24,27). The van der Waals surface area contributed by atoms with E-state index >= 15 is 0 Å². The lowest BCUT2D eigenvalue weighted by molar-refractivity contribution is 0.0601. The fraction of sp³-hybridized carbons (Fsp3) is 0.333. The lowest BCUT2D eigenvalue weighted by Gasteiger charge is -2.12. The number of methoxy groups -OCH3 is 1. The van der Waals surface area contributed by atoms with Gasteiger partial charge in [0.1, 0.15) is 0 Å². The number of nitrogens with one attached hydrogen (secondary N) is 2. The molecule has 2 aromatic carbocycles. The molecule has 0 saturated heterocycles. The SMILES string of the molecule is COC(=O)c1cc(NC(=S)NCCCc2ccc(C(C)C)cc2)ccc1Cl. The van der Waals surface area contributed by atoms with Gasteiger partial charge in [-0.05, 0) is 60.3 Å². The van der Waals surface area contributed by atoms with Crippen LogP contribution in [0.2, 0.25) is 5.02 Å². The van der Waals surface area contributed by atoms with E-state index in [2.05, 4.69) is 48.7 Å². The van der Waals surface area contributed by atoms with Crippen LogP contribution >= 0.6 is 23.8 Å². The van der Waals surface area contributed by atoms with Crippen molar-refractivity contribution >= 4 is 40.6 Å². The summed E-state index contributed by atoms with van der Waals surface area (Å²) in [5.41, 5.74) is 3.66. The average molecular weight is 405 g/mol. The first-order valence-electron chi connectivity index (χ1n) is 8.92. The highest BCUT2D eigenvalue weighted by molar-refractivity contribution is 7.80. The van der Waals surface area contributed by atoms with Gasteiger partial charge >= 0.3 is 5.97 Å². The van der Waals surface area contributed by atoms with Crippen LogP contribution in [0, 0.1) is 0 Å². The monoisotopic (exact) mass is 404 g/mol. The van der Waals surface area contributed by atoms with E-state index in [9.17, 15) is 4.79 Å². The van der Waals surface area contributed by atoms with Gasteiger partial charge in [0.05, 0.1) is 17.7 Å². The van der Waals surface area contributed by atoms with Crippen LogP contribution in [0.1, 0.15) is 47.7 Å². The summed E-state index contributed by atoms with van der Waals surface area (Å²) >= 11 is 11.3. The van der Waals surface area contributed by atoms with Crippen molar-refractivity contribution in [3.05, 3.63) is 64.2 Å². The Hall–Kier alpha value is -2.11. The van der Waals surface area contributed by atoms with E-state index in [1.165, 1.54) is 18.2 Å². The normalized spacial score (nSPS) is 10.6. The minimum atomic E-state index is -0.481. The minimum Gasteiger partial charge on any atom is -0.465 e. The Labute approximate surface area is 171 Å². The molecule has 0 aliphatic heterocycles. The van der Waals surface area contributed by atoms with Crippen LogP contribution in [-0.2, 0) is 11.2 Å². The highest BCUT2D eigenvalue weighted by Gasteiger charge is 2.11. The number of anilines is 1. The highest BCUT2D eigenvalue weighted by Crippen LogP contribution is 2.21. The molecule has 2 aromatic rings. The summed E-state index contributed by atoms with van der Waals surface area (Å²) in [6, 6.07) is 13.8. The van der Waals surface area contributed by atoms with Crippen LogP contribution in [-0.4, -0.2) is 24.7 Å². The summed E-state index contributed by atoms with van der Waals surface area (Å²) in [5.74, 6) is 0.0720. The predicted molar refractivity (Wildman–Crippen MR) is 116 cm³/mol. The number of carbonyl (C=O) groups excluding carboxylic acids is 1. The molecule has 0 spiro atoms. The van der Waals surface area contributed by atoms with Crippen molar-refractivity contribution in [1.82, 2.24) is 5.32 Å². The first-order chi connectivity index (χ1) is 12.9. The fourth-order valence-electron chi connectivity index (χ4n) is 2.61. The Morgan fingerprint density at radius 2 is 1.89 bits per heavy atom. The quantitative estimate of drug-likeness (QED) is 0.379. The van der Waals surface area contributed by atoms with Gasteiger partial charge in [-0.2, -0.15) is 0 Å². The molecule has 2 N–H and O–H groups in total. The topological polar surface area (TPSA) is 50.4 Å². The first kappa shape index (κ1) is 21.2. The molecular weight excluding hydrogens is 380 g/mol. The second kappa shape index (κ2) is 10.3. The summed E-state index contributed by atoms with van der Waals surface area (Å²) in [4.78, 5) is 11.7. The zero-order valence-corrected chi connectivity index (χ0v) is 17.4. The van der Waals surface area contributed by atoms with E-state index in [0.717, 1.165) is 19.4 Å². The number of rotatable bonds is 7. The molecule has 144 valence electrons. The molecule has 0 radical (unpaired) electrons. The van der Waals surface area contributed by atoms with Crippen LogP contribution in [0.4, 0.5) is 5.69 Å². The Balaban J connectivity index is 1.78. The molecule has 0 aliphatic rings.